The molecule has 4 nitrogen and oxygen atoms in total. The van der Waals surface area contributed by atoms with Crippen LogP contribution in [0, 0.1) is 20.8 Å². The first-order chi connectivity index (χ1) is 10.7. The van der Waals surface area contributed by atoms with E-state index >= 15 is 0 Å². The Morgan fingerprint density at radius 1 is 1.00 bits per heavy atom. The van der Waals surface area contributed by atoms with Gasteiger partial charge in [-0.2, -0.15) is 17.2 Å². The Labute approximate surface area is 133 Å². The fourth-order valence-corrected chi connectivity index (χ4v) is 3.48. The average molecular weight is 342 g/mol. The molecule has 0 aromatic heterocycles. The lowest BCUT2D eigenvalue weighted by molar-refractivity contribution is -0.0518. The zero-order valence-corrected chi connectivity index (χ0v) is 13.7. The van der Waals surface area contributed by atoms with Gasteiger partial charge in [-0.15, -0.1) is 0 Å². The Hall–Kier alpha value is -2.15. The van der Waals surface area contributed by atoms with Gasteiger partial charge in [0.25, 0.3) is 0 Å². The van der Waals surface area contributed by atoms with E-state index in [-0.39, 0.29) is 5.75 Å². The van der Waals surface area contributed by atoms with Crippen LogP contribution in [-0.4, -0.2) is 15.0 Å². The molecule has 0 N–H and O–H groups in total. The summed E-state index contributed by atoms with van der Waals surface area (Å²) in [6.45, 7) is 2.18. The van der Waals surface area contributed by atoms with Crippen molar-refractivity contribution in [2.24, 2.45) is 0 Å². The van der Waals surface area contributed by atoms with Crippen molar-refractivity contribution in [3.8, 4) is 11.5 Å². The number of halogens is 2. The van der Waals surface area contributed by atoms with Crippen LogP contribution in [0.2, 0.25) is 0 Å². The van der Waals surface area contributed by atoms with Crippen molar-refractivity contribution in [2.45, 2.75) is 32.3 Å². The molecule has 7 heteroatoms. The van der Waals surface area contributed by atoms with Gasteiger partial charge in [0.05, 0.1) is 0 Å². The number of hydrogen-bond donors (Lipinski definition) is 0. The molecule has 0 radical (unpaired) electrons. The van der Waals surface area contributed by atoms with E-state index in [0.29, 0.717) is 11.1 Å². The third-order valence-electron chi connectivity index (χ3n) is 3.13. The van der Waals surface area contributed by atoms with Gasteiger partial charge in [-0.3, -0.25) is 0 Å². The number of rotatable bonds is 5. The number of aryl methyl sites for hydroxylation is 3. The normalized spacial score (nSPS) is 11.6. The van der Waals surface area contributed by atoms with E-state index in [9.17, 15) is 17.2 Å². The van der Waals surface area contributed by atoms with E-state index in [4.69, 9.17) is 4.18 Å². The first kappa shape index (κ1) is 17.2. The Balaban J connectivity index is 2.45. The molecular formula is C16H16F2O4S. The number of alkyl halides is 2. The monoisotopic (exact) mass is 342 g/mol. The minimum Gasteiger partial charge on any atom is -0.433 e. The van der Waals surface area contributed by atoms with Crippen molar-refractivity contribution in [1.82, 2.24) is 0 Å². The Kier molecular flexibility index (Phi) is 4.89. The van der Waals surface area contributed by atoms with Crippen molar-refractivity contribution >= 4 is 10.1 Å². The molecule has 2 aromatic rings. The Morgan fingerprint density at radius 3 is 2.13 bits per heavy atom. The van der Waals surface area contributed by atoms with Crippen molar-refractivity contribution in [2.75, 3.05) is 0 Å². The van der Waals surface area contributed by atoms with Gasteiger partial charge in [-0.25, -0.2) is 0 Å². The smallest absolute Gasteiger partial charge is 0.387 e. The summed E-state index contributed by atoms with van der Waals surface area (Å²) in [5.74, 6) is -0.271. The van der Waals surface area contributed by atoms with Crippen LogP contribution >= 0.6 is 0 Å². The van der Waals surface area contributed by atoms with Crippen LogP contribution in [0.3, 0.4) is 0 Å². The number of para-hydroxylation sites is 1. The summed E-state index contributed by atoms with van der Waals surface area (Å²) in [6.07, 6.45) is 0. The van der Waals surface area contributed by atoms with Crippen molar-refractivity contribution in [3.05, 3.63) is 53.1 Å². The molecule has 0 aliphatic carbocycles. The molecule has 0 heterocycles. The predicted molar refractivity (Wildman–Crippen MR) is 81.5 cm³/mol. The fraction of sp³-hybridized carbons (Fsp3) is 0.250. The maximum Gasteiger partial charge on any atom is 0.387 e. The lowest BCUT2D eigenvalue weighted by Gasteiger charge is -2.15. The standard InChI is InChI=1S/C16H16F2O4S/c1-10-8-11(2)15(12(3)9-10)22-23(19,20)14-7-5-4-6-13(14)21-16(17)18/h4-9,16H,1-3H3. The van der Waals surface area contributed by atoms with Gasteiger partial charge >= 0.3 is 16.7 Å². The summed E-state index contributed by atoms with van der Waals surface area (Å²) in [5.41, 5.74) is 2.24. The summed E-state index contributed by atoms with van der Waals surface area (Å²) >= 11 is 0. The van der Waals surface area contributed by atoms with E-state index in [2.05, 4.69) is 4.74 Å². The molecule has 0 aliphatic rings. The first-order valence-electron chi connectivity index (χ1n) is 6.77. The van der Waals surface area contributed by atoms with Gasteiger partial charge in [0, 0.05) is 0 Å². The molecular weight excluding hydrogens is 326 g/mol. The second-order valence-electron chi connectivity index (χ2n) is 5.09. The summed E-state index contributed by atoms with van der Waals surface area (Å²) < 4.78 is 59.2. The van der Waals surface area contributed by atoms with Crippen LogP contribution in [0.4, 0.5) is 8.78 Å². The van der Waals surface area contributed by atoms with E-state index < -0.39 is 27.4 Å². The van der Waals surface area contributed by atoms with E-state index in [1.54, 1.807) is 26.0 Å². The highest BCUT2D eigenvalue weighted by Gasteiger charge is 2.24. The summed E-state index contributed by atoms with van der Waals surface area (Å²) in [7, 11) is -4.31. The molecule has 0 atom stereocenters. The summed E-state index contributed by atoms with van der Waals surface area (Å²) in [6, 6.07) is 8.67. The number of hydrogen-bond acceptors (Lipinski definition) is 4. The van der Waals surface area contributed by atoms with Crippen molar-refractivity contribution in [3.63, 3.8) is 0 Å². The molecule has 124 valence electrons. The highest BCUT2D eigenvalue weighted by atomic mass is 32.2. The topological polar surface area (TPSA) is 52.6 Å². The quantitative estimate of drug-likeness (QED) is 0.771. The van der Waals surface area contributed by atoms with Crippen LogP contribution in [0.15, 0.2) is 41.3 Å². The van der Waals surface area contributed by atoms with Crippen LogP contribution in [0.1, 0.15) is 16.7 Å². The zero-order valence-electron chi connectivity index (χ0n) is 12.8. The van der Waals surface area contributed by atoms with Gasteiger partial charge in [0.15, 0.2) is 0 Å². The van der Waals surface area contributed by atoms with E-state index in [0.717, 1.165) is 17.7 Å². The lowest BCUT2D eigenvalue weighted by atomic mass is 10.1. The molecule has 0 fully saturated rings. The van der Waals surface area contributed by atoms with Crippen LogP contribution in [0.5, 0.6) is 11.5 Å². The largest absolute Gasteiger partial charge is 0.433 e. The Morgan fingerprint density at radius 2 is 1.57 bits per heavy atom. The minimum absolute atomic E-state index is 0.183. The molecule has 0 bridgehead atoms. The maximum absolute atomic E-state index is 12.4. The SMILES string of the molecule is Cc1cc(C)c(OS(=O)(=O)c2ccccc2OC(F)F)c(C)c1. The highest BCUT2D eigenvalue weighted by Crippen LogP contribution is 2.31. The van der Waals surface area contributed by atoms with Crippen molar-refractivity contribution < 1.29 is 26.1 Å². The van der Waals surface area contributed by atoms with Crippen LogP contribution in [0.25, 0.3) is 0 Å². The van der Waals surface area contributed by atoms with Gasteiger partial charge in [-0.1, -0.05) is 29.8 Å². The zero-order chi connectivity index (χ0) is 17.2. The second-order valence-corrected chi connectivity index (χ2v) is 6.61. The third-order valence-corrected chi connectivity index (χ3v) is 4.39. The van der Waals surface area contributed by atoms with Crippen molar-refractivity contribution in [1.29, 1.82) is 0 Å². The van der Waals surface area contributed by atoms with Gasteiger partial charge in [-0.05, 0) is 44.0 Å². The molecule has 0 aliphatic heterocycles. The summed E-state index contributed by atoms with van der Waals surface area (Å²) in [5, 5.41) is 0. The van der Waals surface area contributed by atoms with Crippen LogP contribution in [-0.2, 0) is 10.1 Å². The molecule has 0 spiro atoms. The number of benzene rings is 2. The molecule has 0 saturated carbocycles. The number of ether oxygens (including phenoxy) is 1. The second kappa shape index (κ2) is 6.54. The van der Waals surface area contributed by atoms with Crippen LogP contribution < -0.4 is 8.92 Å². The molecule has 2 rings (SSSR count). The predicted octanol–water partition coefficient (Wildman–Crippen LogP) is 3.98. The molecule has 0 saturated heterocycles. The van der Waals surface area contributed by atoms with E-state index in [1.165, 1.54) is 12.1 Å². The average Bonchev–Trinajstić information content (AvgIpc) is 2.42. The molecule has 0 unspecified atom stereocenters. The molecule has 2 aromatic carbocycles. The fourth-order valence-electron chi connectivity index (χ4n) is 2.30. The van der Waals surface area contributed by atoms with Gasteiger partial charge < -0.3 is 8.92 Å². The van der Waals surface area contributed by atoms with Gasteiger partial charge in [0.1, 0.15) is 16.4 Å². The molecule has 0 amide bonds. The Bertz CT molecular complexity index is 794. The molecule has 23 heavy (non-hydrogen) atoms. The maximum atomic E-state index is 12.4. The van der Waals surface area contributed by atoms with Gasteiger partial charge in [0.2, 0.25) is 0 Å². The van der Waals surface area contributed by atoms with E-state index in [1.807, 2.05) is 6.92 Å². The lowest BCUT2D eigenvalue weighted by Crippen LogP contribution is -2.14. The summed E-state index contributed by atoms with van der Waals surface area (Å²) in [4.78, 5) is -0.445. The first-order valence-corrected chi connectivity index (χ1v) is 8.17. The third kappa shape index (κ3) is 3.98. The minimum atomic E-state index is -4.31. The highest BCUT2D eigenvalue weighted by molar-refractivity contribution is 7.87.